The summed E-state index contributed by atoms with van der Waals surface area (Å²) in [4.78, 5) is 32.2. The summed E-state index contributed by atoms with van der Waals surface area (Å²) >= 11 is 0. The number of nitrogens with one attached hydrogen (secondary N) is 1. The quantitative estimate of drug-likeness (QED) is 0.565. The van der Waals surface area contributed by atoms with Gasteiger partial charge in [-0.1, -0.05) is 42.5 Å². The number of nitrogens with zero attached hydrogens (tertiary/aromatic N) is 1. The third-order valence-corrected chi connectivity index (χ3v) is 4.09. The fourth-order valence-electron chi connectivity index (χ4n) is 3.01. The number of benzene rings is 2. The van der Waals surface area contributed by atoms with Crippen molar-refractivity contribution in [3.8, 4) is 0 Å². The van der Waals surface area contributed by atoms with Gasteiger partial charge in [0.15, 0.2) is 5.78 Å². The van der Waals surface area contributed by atoms with E-state index in [9.17, 15) is 14.7 Å². The fraction of sp³-hybridized carbons (Fsp3) is 0.150. The van der Waals surface area contributed by atoms with Crippen LogP contribution in [-0.4, -0.2) is 20.9 Å². The van der Waals surface area contributed by atoms with E-state index in [0.29, 0.717) is 11.0 Å². The van der Waals surface area contributed by atoms with Gasteiger partial charge in [0, 0.05) is 5.57 Å². The zero-order chi connectivity index (χ0) is 18.0. The Labute approximate surface area is 144 Å². The van der Waals surface area contributed by atoms with Gasteiger partial charge >= 0.3 is 0 Å². The van der Waals surface area contributed by atoms with Gasteiger partial charge in [-0.05, 0) is 31.5 Å². The van der Waals surface area contributed by atoms with Gasteiger partial charge in [-0.3, -0.25) is 9.59 Å². The summed E-state index contributed by atoms with van der Waals surface area (Å²) in [5.41, 5.74) is 1.93. The van der Waals surface area contributed by atoms with E-state index in [4.69, 9.17) is 0 Å². The van der Waals surface area contributed by atoms with Crippen molar-refractivity contribution < 1.29 is 9.90 Å². The first-order valence-electron chi connectivity index (χ1n) is 7.93. The number of ketones is 1. The van der Waals surface area contributed by atoms with Crippen molar-refractivity contribution in [2.24, 2.45) is 0 Å². The number of fused-ring (bicyclic) bond motifs is 1. The Balaban J connectivity index is 2.33. The molecule has 5 heteroatoms. The maximum Gasteiger partial charge on any atom is 0.271 e. The molecule has 0 aliphatic rings. The minimum atomic E-state index is -0.739. The summed E-state index contributed by atoms with van der Waals surface area (Å²) in [6.45, 7) is 2.82. The van der Waals surface area contributed by atoms with Crippen molar-refractivity contribution in [1.29, 1.82) is 0 Å². The van der Waals surface area contributed by atoms with Crippen molar-refractivity contribution in [2.45, 2.75) is 19.8 Å². The predicted molar refractivity (Wildman–Crippen MR) is 96.7 cm³/mol. The number of carbonyl (C=O) groups is 1. The van der Waals surface area contributed by atoms with Gasteiger partial charge in [0.25, 0.3) is 5.56 Å². The van der Waals surface area contributed by atoms with Crippen LogP contribution >= 0.6 is 0 Å². The first-order valence-corrected chi connectivity index (χ1v) is 7.93. The molecular weight excluding hydrogens is 316 g/mol. The number of aliphatic hydroxyl groups is 1. The Bertz CT molecular complexity index is 1020. The monoisotopic (exact) mass is 334 g/mol. The zero-order valence-corrected chi connectivity index (χ0v) is 14.0. The largest absolute Gasteiger partial charge is 0.512 e. The number of para-hydroxylation sites is 2. The number of aromatic amines is 1. The molecule has 0 saturated heterocycles. The van der Waals surface area contributed by atoms with Crippen LogP contribution in [0.5, 0.6) is 0 Å². The van der Waals surface area contributed by atoms with Crippen molar-refractivity contribution in [3.05, 3.63) is 87.5 Å². The SMILES string of the molecule is CC(=O)/C(=C(\C)O)[C@@H](c1ccccc1)c1nc2ccccc2[nH]c1=O. The van der Waals surface area contributed by atoms with E-state index in [1.54, 1.807) is 12.1 Å². The highest BCUT2D eigenvalue weighted by Gasteiger charge is 2.28. The van der Waals surface area contributed by atoms with E-state index < -0.39 is 5.92 Å². The molecule has 1 heterocycles. The van der Waals surface area contributed by atoms with Crippen LogP contribution in [0.4, 0.5) is 0 Å². The van der Waals surface area contributed by atoms with Crippen LogP contribution in [0.25, 0.3) is 11.0 Å². The Morgan fingerprint density at radius 3 is 2.32 bits per heavy atom. The van der Waals surface area contributed by atoms with Crippen molar-refractivity contribution >= 4 is 16.8 Å². The summed E-state index contributed by atoms with van der Waals surface area (Å²) < 4.78 is 0. The molecule has 1 aromatic heterocycles. The highest BCUT2D eigenvalue weighted by Crippen LogP contribution is 2.31. The van der Waals surface area contributed by atoms with Crippen LogP contribution in [0.2, 0.25) is 0 Å². The third-order valence-electron chi connectivity index (χ3n) is 4.09. The minimum Gasteiger partial charge on any atom is -0.512 e. The molecule has 0 spiro atoms. The molecule has 3 aromatic rings. The standard InChI is InChI=1S/C20H18N2O3/c1-12(23)17(13(2)24)18(14-8-4-3-5-9-14)19-20(25)22-16-11-7-6-10-15(16)21-19/h3-11,18,23H,1-2H3,(H,22,25)/b17-12-/t18-/m1/s1. The maximum atomic E-state index is 12.7. The molecule has 2 aromatic carbocycles. The van der Waals surface area contributed by atoms with Gasteiger partial charge in [0.05, 0.1) is 22.7 Å². The third kappa shape index (κ3) is 3.21. The summed E-state index contributed by atoms with van der Waals surface area (Å²) in [5, 5.41) is 10.1. The lowest BCUT2D eigenvalue weighted by Crippen LogP contribution is -2.23. The zero-order valence-electron chi connectivity index (χ0n) is 14.0. The molecule has 0 amide bonds. The molecule has 0 radical (unpaired) electrons. The molecule has 0 aliphatic carbocycles. The van der Waals surface area contributed by atoms with Gasteiger partial charge in [-0.15, -0.1) is 0 Å². The van der Waals surface area contributed by atoms with Crippen LogP contribution in [0.15, 0.2) is 70.7 Å². The second-order valence-corrected chi connectivity index (χ2v) is 5.87. The molecule has 126 valence electrons. The lowest BCUT2D eigenvalue weighted by atomic mass is 9.85. The number of Topliss-reactive ketones (excluding diaryl/α,β-unsaturated/α-hetero) is 1. The van der Waals surface area contributed by atoms with Crippen LogP contribution in [0.3, 0.4) is 0 Å². The molecule has 1 atom stereocenters. The first kappa shape index (κ1) is 16.6. The lowest BCUT2D eigenvalue weighted by molar-refractivity contribution is -0.114. The van der Waals surface area contributed by atoms with Crippen LogP contribution in [0, 0.1) is 0 Å². The predicted octanol–water partition coefficient (Wildman–Crippen LogP) is 3.48. The van der Waals surface area contributed by atoms with Gasteiger partial charge in [-0.2, -0.15) is 0 Å². The Morgan fingerprint density at radius 2 is 1.68 bits per heavy atom. The smallest absolute Gasteiger partial charge is 0.271 e. The van der Waals surface area contributed by atoms with Crippen LogP contribution in [-0.2, 0) is 4.79 Å². The Hall–Kier alpha value is -3.21. The van der Waals surface area contributed by atoms with E-state index >= 15 is 0 Å². The van der Waals surface area contributed by atoms with Crippen LogP contribution < -0.4 is 5.56 Å². The number of aromatic nitrogens is 2. The second-order valence-electron chi connectivity index (χ2n) is 5.87. The van der Waals surface area contributed by atoms with E-state index in [0.717, 1.165) is 5.56 Å². The number of hydrogen-bond donors (Lipinski definition) is 2. The van der Waals surface area contributed by atoms with Gasteiger partial charge in [0.2, 0.25) is 0 Å². The first-order chi connectivity index (χ1) is 12.0. The topological polar surface area (TPSA) is 83.0 Å². The van der Waals surface area contributed by atoms with Crippen molar-refractivity contribution in [1.82, 2.24) is 9.97 Å². The summed E-state index contributed by atoms with van der Waals surface area (Å²) in [6, 6.07) is 16.3. The number of carbonyl (C=O) groups excluding carboxylic acids is 1. The fourth-order valence-corrected chi connectivity index (χ4v) is 3.01. The normalized spacial score (nSPS) is 13.4. The second kappa shape index (κ2) is 6.73. The lowest BCUT2D eigenvalue weighted by Gasteiger charge is -2.19. The molecule has 0 saturated carbocycles. The summed E-state index contributed by atoms with van der Waals surface area (Å²) in [6.07, 6.45) is 0. The van der Waals surface area contributed by atoms with E-state index in [1.165, 1.54) is 13.8 Å². The maximum absolute atomic E-state index is 12.7. The molecule has 0 aliphatic heterocycles. The molecule has 25 heavy (non-hydrogen) atoms. The number of H-pyrrole nitrogens is 1. The van der Waals surface area contributed by atoms with Crippen LogP contribution in [0.1, 0.15) is 31.0 Å². The summed E-state index contributed by atoms with van der Waals surface area (Å²) in [7, 11) is 0. The average Bonchev–Trinajstić information content (AvgIpc) is 2.59. The molecule has 0 fully saturated rings. The van der Waals surface area contributed by atoms with Crippen molar-refractivity contribution in [2.75, 3.05) is 0 Å². The molecule has 2 N–H and O–H groups in total. The molecule has 3 rings (SSSR count). The average molecular weight is 334 g/mol. The minimum absolute atomic E-state index is 0.115. The van der Waals surface area contributed by atoms with E-state index in [2.05, 4.69) is 9.97 Å². The van der Waals surface area contributed by atoms with E-state index in [1.807, 2.05) is 42.5 Å². The highest BCUT2D eigenvalue weighted by molar-refractivity contribution is 5.96. The van der Waals surface area contributed by atoms with Gasteiger partial charge in [0.1, 0.15) is 5.69 Å². The molecule has 5 nitrogen and oxygen atoms in total. The number of hydrogen-bond acceptors (Lipinski definition) is 4. The number of aliphatic hydroxyl groups excluding tert-OH is 1. The number of rotatable bonds is 4. The Morgan fingerprint density at radius 1 is 1.04 bits per heavy atom. The molecular formula is C20H18N2O3. The number of allylic oxidation sites excluding steroid dienone is 2. The molecule has 0 bridgehead atoms. The highest BCUT2D eigenvalue weighted by atomic mass is 16.3. The van der Waals surface area contributed by atoms with E-state index in [-0.39, 0.29) is 28.4 Å². The van der Waals surface area contributed by atoms with Gasteiger partial charge in [-0.25, -0.2) is 4.98 Å². The van der Waals surface area contributed by atoms with Gasteiger partial charge < -0.3 is 10.1 Å². The molecule has 0 unspecified atom stereocenters. The summed E-state index contributed by atoms with van der Waals surface area (Å²) in [5.74, 6) is -1.16. The Kier molecular flexibility index (Phi) is 4.48. The van der Waals surface area contributed by atoms with Crippen molar-refractivity contribution in [3.63, 3.8) is 0 Å².